The van der Waals surface area contributed by atoms with Crippen molar-refractivity contribution in [2.45, 2.75) is 11.0 Å². The fraction of sp³-hybridized carbons (Fsp3) is 0.143. The zero-order valence-electron chi connectivity index (χ0n) is 10.2. The van der Waals surface area contributed by atoms with Crippen molar-refractivity contribution in [2.75, 3.05) is 0 Å². The third-order valence-electron chi connectivity index (χ3n) is 2.83. The van der Waals surface area contributed by atoms with Crippen LogP contribution in [0.1, 0.15) is 21.5 Å². The number of rotatable bonds is 2. The van der Waals surface area contributed by atoms with Gasteiger partial charge in [0.25, 0.3) is 0 Å². The molecule has 0 N–H and O–H groups in total. The summed E-state index contributed by atoms with van der Waals surface area (Å²) in [4.78, 5) is -0.374. The monoisotopic (exact) mass is 548 g/mol. The molecule has 0 bridgehead atoms. The molecule has 0 radical (unpaired) electrons. The Morgan fingerprint density at radius 3 is 1.90 bits per heavy atom. The predicted octanol–water partition coefficient (Wildman–Crippen LogP) is 7.48. The van der Waals surface area contributed by atoms with Crippen molar-refractivity contribution in [1.29, 1.82) is 0 Å². The van der Waals surface area contributed by atoms with Gasteiger partial charge in [0.1, 0.15) is 0 Å². The van der Waals surface area contributed by atoms with Crippen LogP contribution in [0.2, 0.25) is 0 Å². The highest BCUT2D eigenvalue weighted by Gasteiger charge is 2.31. The first-order chi connectivity index (χ1) is 9.70. The molecule has 0 nitrogen and oxygen atoms in total. The summed E-state index contributed by atoms with van der Waals surface area (Å²) in [5.41, 5.74) is 0.685. The van der Waals surface area contributed by atoms with E-state index in [2.05, 4.69) is 63.7 Å². The molecule has 0 saturated heterocycles. The van der Waals surface area contributed by atoms with Crippen LogP contribution in [0.25, 0.3) is 0 Å². The number of halogens is 7. The molecule has 21 heavy (non-hydrogen) atoms. The lowest BCUT2D eigenvalue weighted by Crippen LogP contribution is -2.06. The van der Waals surface area contributed by atoms with E-state index >= 15 is 0 Å². The van der Waals surface area contributed by atoms with Gasteiger partial charge in [0.2, 0.25) is 0 Å². The first-order valence-electron chi connectivity index (χ1n) is 5.66. The van der Waals surface area contributed by atoms with Crippen LogP contribution < -0.4 is 0 Å². The van der Waals surface area contributed by atoms with Crippen molar-refractivity contribution < 1.29 is 13.2 Å². The maximum atomic E-state index is 12.9. The van der Waals surface area contributed by atoms with Gasteiger partial charge < -0.3 is 0 Å². The third kappa shape index (κ3) is 4.12. The van der Waals surface area contributed by atoms with Gasteiger partial charge in [-0.25, -0.2) is 0 Å². The summed E-state index contributed by atoms with van der Waals surface area (Å²) in [7, 11) is 0. The molecule has 0 heterocycles. The van der Waals surface area contributed by atoms with Crippen LogP contribution in [0.3, 0.4) is 0 Å². The molecule has 2 aromatic rings. The van der Waals surface area contributed by atoms with Crippen molar-refractivity contribution in [2.24, 2.45) is 0 Å². The van der Waals surface area contributed by atoms with E-state index in [1.165, 1.54) is 6.07 Å². The third-order valence-corrected chi connectivity index (χ3v) is 5.75. The SMILES string of the molecule is FC(F)(F)c1ccc(Br)c(C(Br)c2cc(Br)ccc2Br)c1. The second-order valence-electron chi connectivity index (χ2n) is 4.26. The maximum absolute atomic E-state index is 12.9. The van der Waals surface area contributed by atoms with Crippen LogP contribution in [0, 0.1) is 0 Å². The average Bonchev–Trinajstić information content (AvgIpc) is 2.40. The summed E-state index contributed by atoms with van der Waals surface area (Å²) in [5.74, 6) is 0. The lowest BCUT2D eigenvalue weighted by molar-refractivity contribution is -0.137. The fourth-order valence-electron chi connectivity index (χ4n) is 1.79. The summed E-state index contributed by atoms with van der Waals surface area (Å²) in [6, 6.07) is 9.18. The van der Waals surface area contributed by atoms with E-state index in [-0.39, 0.29) is 4.83 Å². The van der Waals surface area contributed by atoms with Gasteiger partial charge in [0.15, 0.2) is 0 Å². The van der Waals surface area contributed by atoms with Gasteiger partial charge in [-0.2, -0.15) is 13.2 Å². The Kier molecular flexibility index (Phi) is 5.60. The minimum atomic E-state index is -4.36. The summed E-state index contributed by atoms with van der Waals surface area (Å²) in [5, 5.41) is 0. The van der Waals surface area contributed by atoms with Gasteiger partial charge in [0, 0.05) is 13.4 Å². The Bertz CT molecular complexity index is 668. The van der Waals surface area contributed by atoms with Crippen LogP contribution in [0.15, 0.2) is 49.8 Å². The van der Waals surface area contributed by atoms with Crippen LogP contribution in [-0.2, 0) is 6.18 Å². The largest absolute Gasteiger partial charge is 0.416 e. The van der Waals surface area contributed by atoms with E-state index in [0.29, 0.717) is 10.0 Å². The highest BCUT2D eigenvalue weighted by Crippen LogP contribution is 2.42. The van der Waals surface area contributed by atoms with Crippen LogP contribution >= 0.6 is 63.7 Å². The normalized spacial score (nSPS) is 13.3. The molecule has 7 heteroatoms. The molecular formula is C14H7Br4F3. The van der Waals surface area contributed by atoms with E-state index in [4.69, 9.17) is 0 Å². The topological polar surface area (TPSA) is 0 Å². The number of hydrogen-bond acceptors (Lipinski definition) is 0. The summed E-state index contributed by atoms with van der Waals surface area (Å²) >= 11 is 13.6. The molecule has 0 amide bonds. The highest BCUT2D eigenvalue weighted by atomic mass is 79.9. The molecular weight excluding hydrogens is 545 g/mol. The van der Waals surface area contributed by atoms with Gasteiger partial charge >= 0.3 is 6.18 Å². The molecule has 0 spiro atoms. The second-order valence-corrected chi connectivity index (χ2v) is 7.80. The molecule has 0 fully saturated rings. The second kappa shape index (κ2) is 6.72. The molecule has 1 atom stereocenters. The zero-order valence-corrected chi connectivity index (χ0v) is 16.5. The van der Waals surface area contributed by atoms with Crippen LogP contribution in [-0.4, -0.2) is 0 Å². The van der Waals surface area contributed by atoms with Gasteiger partial charge in [-0.1, -0.05) is 63.7 Å². The van der Waals surface area contributed by atoms with E-state index in [1.54, 1.807) is 0 Å². The first kappa shape index (κ1) is 17.5. The summed E-state index contributed by atoms with van der Waals surface area (Å²) in [6.45, 7) is 0. The number of hydrogen-bond donors (Lipinski definition) is 0. The molecule has 0 aliphatic carbocycles. The molecule has 2 aromatic carbocycles. The first-order valence-corrected chi connectivity index (χ1v) is 8.95. The predicted molar refractivity (Wildman–Crippen MR) is 91.8 cm³/mol. The Morgan fingerprint density at radius 2 is 1.33 bits per heavy atom. The van der Waals surface area contributed by atoms with Crippen molar-refractivity contribution in [3.8, 4) is 0 Å². The number of alkyl halides is 4. The standard InChI is InChI=1S/C14H7Br4F3/c15-8-2-4-12(17)10(6-8)13(18)9-5-7(14(19,20)21)1-3-11(9)16/h1-6,13H. The minimum absolute atomic E-state index is 0.374. The summed E-state index contributed by atoms with van der Waals surface area (Å²) < 4.78 is 40.9. The van der Waals surface area contributed by atoms with Crippen molar-refractivity contribution in [3.05, 3.63) is 66.5 Å². The van der Waals surface area contributed by atoms with Crippen molar-refractivity contribution in [1.82, 2.24) is 0 Å². The zero-order chi connectivity index (χ0) is 15.8. The maximum Gasteiger partial charge on any atom is 0.416 e. The molecule has 1 unspecified atom stereocenters. The van der Waals surface area contributed by atoms with Crippen molar-refractivity contribution in [3.63, 3.8) is 0 Å². The molecule has 112 valence electrons. The molecule has 0 aromatic heterocycles. The quantitative estimate of drug-likeness (QED) is 0.340. The van der Waals surface area contributed by atoms with E-state index < -0.39 is 11.7 Å². The highest BCUT2D eigenvalue weighted by molar-refractivity contribution is 9.11. The van der Waals surface area contributed by atoms with Gasteiger partial charge in [-0.15, -0.1) is 0 Å². The van der Waals surface area contributed by atoms with Gasteiger partial charge in [-0.05, 0) is 47.5 Å². The molecule has 0 saturated carbocycles. The average molecular weight is 552 g/mol. The number of benzene rings is 2. The smallest absolute Gasteiger partial charge is 0.166 e. The van der Waals surface area contributed by atoms with Gasteiger partial charge in [-0.3, -0.25) is 0 Å². The Hall–Kier alpha value is 0.150. The van der Waals surface area contributed by atoms with E-state index in [9.17, 15) is 13.2 Å². The minimum Gasteiger partial charge on any atom is -0.166 e. The lowest BCUT2D eigenvalue weighted by atomic mass is 10.0. The van der Waals surface area contributed by atoms with E-state index in [0.717, 1.165) is 26.6 Å². The Labute approximate surface area is 153 Å². The molecule has 0 aliphatic heterocycles. The van der Waals surface area contributed by atoms with E-state index in [1.807, 2.05) is 18.2 Å². The Balaban J connectivity index is 2.52. The van der Waals surface area contributed by atoms with Crippen molar-refractivity contribution >= 4 is 63.7 Å². The van der Waals surface area contributed by atoms with Gasteiger partial charge in [0.05, 0.1) is 10.4 Å². The molecule has 0 aliphatic rings. The molecule has 2 rings (SSSR count). The van der Waals surface area contributed by atoms with Crippen LogP contribution in [0.5, 0.6) is 0 Å². The lowest BCUT2D eigenvalue weighted by Gasteiger charge is -2.17. The summed E-state index contributed by atoms with van der Waals surface area (Å²) in [6.07, 6.45) is -4.36. The fourth-order valence-corrected chi connectivity index (χ4v) is 4.49. The van der Waals surface area contributed by atoms with Crippen LogP contribution in [0.4, 0.5) is 13.2 Å². The Morgan fingerprint density at radius 1 is 0.810 bits per heavy atom.